The third-order valence-corrected chi connectivity index (χ3v) is 3.77. The summed E-state index contributed by atoms with van der Waals surface area (Å²) in [5, 5.41) is 5.68. The Morgan fingerprint density at radius 3 is 2.35 bits per heavy atom. The molecule has 0 unspecified atom stereocenters. The zero-order chi connectivity index (χ0) is 15.5. The van der Waals surface area contributed by atoms with Crippen molar-refractivity contribution in [2.45, 2.75) is 13.8 Å². The topological polar surface area (TPSA) is 50.9 Å². The second kappa shape index (κ2) is 7.44. The lowest BCUT2D eigenvalue weighted by molar-refractivity contribution is 1.02. The van der Waals surface area contributed by atoms with Gasteiger partial charge in [-0.05, 0) is 25.3 Å². The normalized spacial score (nSPS) is 10.4. The molecular weight excluding hydrogens is 306 g/mol. The molecule has 1 aromatic heterocycles. The first-order valence-electron chi connectivity index (χ1n) is 7.60. The van der Waals surface area contributed by atoms with Crippen molar-refractivity contribution in [3.05, 3.63) is 59.7 Å². The average Bonchev–Trinajstić information content (AvgIpc) is 2.52. The van der Waals surface area contributed by atoms with Crippen molar-refractivity contribution in [3.63, 3.8) is 0 Å². The van der Waals surface area contributed by atoms with Crippen LogP contribution >= 0.6 is 12.4 Å². The fraction of sp³-hybridized carbons (Fsp3) is 0.211. The molecule has 3 nitrogen and oxygen atoms in total. The predicted molar refractivity (Wildman–Crippen MR) is 101 cm³/mol. The van der Waals surface area contributed by atoms with Crippen LogP contribution in [0, 0.1) is 13.8 Å². The van der Waals surface area contributed by atoms with E-state index >= 15 is 0 Å². The van der Waals surface area contributed by atoms with Gasteiger partial charge < -0.3 is 11.1 Å². The molecule has 0 aliphatic carbocycles. The highest BCUT2D eigenvalue weighted by Crippen LogP contribution is 2.28. The molecule has 0 fully saturated rings. The Labute approximate surface area is 143 Å². The van der Waals surface area contributed by atoms with Crippen LogP contribution in [0.3, 0.4) is 0 Å². The van der Waals surface area contributed by atoms with Gasteiger partial charge >= 0.3 is 0 Å². The molecule has 0 amide bonds. The Morgan fingerprint density at radius 1 is 0.957 bits per heavy atom. The minimum Gasteiger partial charge on any atom is -0.368 e. The highest BCUT2D eigenvalue weighted by molar-refractivity contribution is 5.95. The molecule has 0 atom stereocenters. The molecule has 0 aliphatic rings. The number of nitrogens with two attached hydrogens (primary N) is 1. The van der Waals surface area contributed by atoms with Gasteiger partial charge in [-0.1, -0.05) is 53.6 Å². The van der Waals surface area contributed by atoms with Crippen molar-refractivity contribution in [2.24, 2.45) is 5.73 Å². The van der Waals surface area contributed by atoms with E-state index in [1.54, 1.807) is 0 Å². The number of hydrogen-bond donors (Lipinski definition) is 2. The molecule has 3 rings (SSSR count). The number of aromatic nitrogens is 1. The first-order valence-corrected chi connectivity index (χ1v) is 7.60. The van der Waals surface area contributed by atoms with Gasteiger partial charge in [0.15, 0.2) is 0 Å². The SMILES string of the molecule is Cc1ccc(-c2cc3cc(C)ccc3c(NCCN)n2)cc1.Cl. The Bertz CT molecular complexity index is 798. The van der Waals surface area contributed by atoms with E-state index in [0.717, 1.165) is 22.5 Å². The van der Waals surface area contributed by atoms with E-state index < -0.39 is 0 Å². The molecule has 4 heteroatoms. The largest absolute Gasteiger partial charge is 0.368 e. The van der Waals surface area contributed by atoms with Crippen LogP contribution in [0.25, 0.3) is 22.0 Å². The molecule has 3 aromatic rings. The van der Waals surface area contributed by atoms with Crippen LogP contribution in [0.4, 0.5) is 5.82 Å². The molecule has 0 saturated heterocycles. The van der Waals surface area contributed by atoms with Crippen molar-refractivity contribution in [3.8, 4) is 11.3 Å². The van der Waals surface area contributed by atoms with Crippen LogP contribution in [-0.4, -0.2) is 18.1 Å². The van der Waals surface area contributed by atoms with Gasteiger partial charge in [0, 0.05) is 24.0 Å². The van der Waals surface area contributed by atoms with Gasteiger partial charge in [0.05, 0.1) is 5.69 Å². The number of benzene rings is 2. The van der Waals surface area contributed by atoms with Gasteiger partial charge in [-0.15, -0.1) is 12.4 Å². The molecular formula is C19H22ClN3. The highest BCUT2D eigenvalue weighted by atomic mass is 35.5. The van der Waals surface area contributed by atoms with Crippen molar-refractivity contribution < 1.29 is 0 Å². The summed E-state index contributed by atoms with van der Waals surface area (Å²) < 4.78 is 0. The molecule has 0 aliphatic heterocycles. The molecule has 0 saturated carbocycles. The number of rotatable bonds is 4. The number of pyridine rings is 1. The Kier molecular flexibility index (Phi) is 5.59. The lowest BCUT2D eigenvalue weighted by Crippen LogP contribution is -2.14. The van der Waals surface area contributed by atoms with E-state index in [1.807, 2.05) is 0 Å². The highest BCUT2D eigenvalue weighted by Gasteiger charge is 2.08. The summed E-state index contributed by atoms with van der Waals surface area (Å²) in [6.07, 6.45) is 0. The molecule has 120 valence electrons. The van der Waals surface area contributed by atoms with Crippen LogP contribution in [0.5, 0.6) is 0 Å². The number of fused-ring (bicyclic) bond motifs is 1. The van der Waals surface area contributed by atoms with E-state index in [9.17, 15) is 0 Å². The second-order valence-corrected chi connectivity index (χ2v) is 5.66. The predicted octanol–water partition coefficient (Wildman–Crippen LogP) is 4.31. The first kappa shape index (κ1) is 17.3. The standard InChI is InChI=1S/C19H21N3.ClH/c1-13-3-6-15(7-4-13)18-12-16-11-14(2)5-8-17(16)19(22-18)21-10-9-20;/h3-8,11-12H,9-10,20H2,1-2H3,(H,21,22);1H. The first-order chi connectivity index (χ1) is 10.7. The second-order valence-electron chi connectivity index (χ2n) is 5.66. The smallest absolute Gasteiger partial charge is 0.134 e. The zero-order valence-electron chi connectivity index (χ0n) is 13.5. The Balaban J connectivity index is 0.00000192. The van der Waals surface area contributed by atoms with Crippen molar-refractivity contribution in [2.75, 3.05) is 18.4 Å². The zero-order valence-corrected chi connectivity index (χ0v) is 14.3. The fourth-order valence-corrected chi connectivity index (χ4v) is 2.57. The van der Waals surface area contributed by atoms with Gasteiger partial charge in [-0.2, -0.15) is 0 Å². The maximum absolute atomic E-state index is 5.62. The molecule has 0 radical (unpaired) electrons. The van der Waals surface area contributed by atoms with Crippen molar-refractivity contribution in [1.29, 1.82) is 0 Å². The lowest BCUT2D eigenvalue weighted by atomic mass is 10.0. The number of nitrogens with one attached hydrogen (secondary N) is 1. The molecule has 0 bridgehead atoms. The van der Waals surface area contributed by atoms with Gasteiger partial charge in [0.2, 0.25) is 0 Å². The summed E-state index contributed by atoms with van der Waals surface area (Å²) >= 11 is 0. The van der Waals surface area contributed by atoms with E-state index in [2.05, 4.69) is 67.7 Å². The number of hydrogen-bond acceptors (Lipinski definition) is 3. The molecule has 23 heavy (non-hydrogen) atoms. The quantitative estimate of drug-likeness (QED) is 0.750. The summed E-state index contributed by atoms with van der Waals surface area (Å²) in [6, 6.07) is 17.1. The van der Waals surface area contributed by atoms with E-state index in [4.69, 9.17) is 10.7 Å². The average molecular weight is 328 g/mol. The maximum Gasteiger partial charge on any atom is 0.134 e. The summed E-state index contributed by atoms with van der Waals surface area (Å²) in [5.74, 6) is 0.901. The monoisotopic (exact) mass is 327 g/mol. The van der Waals surface area contributed by atoms with Gasteiger partial charge in [-0.3, -0.25) is 0 Å². The van der Waals surface area contributed by atoms with Gasteiger partial charge in [-0.25, -0.2) is 4.98 Å². The fourth-order valence-electron chi connectivity index (χ4n) is 2.57. The summed E-state index contributed by atoms with van der Waals surface area (Å²) in [4.78, 5) is 4.80. The number of nitrogens with zero attached hydrogens (tertiary/aromatic N) is 1. The minimum absolute atomic E-state index is 0. The van der Waals surface area contributed by atoms with Crippen molar-refractivity contribution in [1.82, 2.24) is 4.98 Å². The van der Waals surface area contributed by atoms with Crippen LogP contribution < -0.4 is 11.1 Å². The Morgan fingerprint density at radius 2 is 1.65 bits per heavy atom. The number of aryl methyl sites for hydroxylation is 2. The number of halogens is 1. The molecule has 2 aromatic carbocycles. The van der Waals surface area contributed by atoms with Crippen LogP contribution in [-0.2, 0) is 0 Å². The third-order valence-electron chi connectivity index (χ3n) is 3.77. The third kappa shape index (κ3) is 3.81. The van der Waals surface area contributed by atoms with Crippen LogP contribution in [0.2, 0.25) is 0 Å². The molecule has 3 N–H and O–H groups in total. The maximum atomic E-state index is 5.62. The summed E-state index contributed by atoms with van der Waals surface area (Å²) in [7, 11) is 0. The van der Waals surface area contributed by atoms with Gasteiger partial charge in [0.1, 0.15) is 5.82 Å². The van der Waals surface area contributed by atoms with Gasteiger partial charge in [0.25, 0.3) is 0 Å². The summed E-state index contributed by atoms with van der Waals surface area (Å²) in [5.41, 5.74) is 10.2. The summed E-state index contributed by atoms with van der Waals surface area (Å²) in [6.45, 7) is 5.50. The van der Waals surface area contributed by atoms with E-state index in [-0.39, 0.29) is 12.4 Å². The number of anilines is 1. The van der Waals surface area contributed by atoms with Crippen LogP contribution in [0.1, 0.15) is 11.1 Å². The minimum atomic E-state index is 0. The van der Waals surface area contributed by atoms with Crippen LogP contribution in [0.15, 0.2) is 48.5 Å². The Hall–Kier alpha value is -2.10. The van der Waals surface area contributed by atoms with E-state index in [1.165, 1.54) is 16.5 Å². The lowest BCUT2D eigenvalue weighted by Gasteiger charge is -2.12. The van der Waals surface area contributed by atoms with E-state index in [0.29, 0.717) is 13.1 Å². The molecule has 1 heterocycles. The van der Waals surface area contributed by atoms with Crippen molar-refractivity contribution >= 4 is 29.0 Å². The molecule has 0 spiro atoms.